The van der Waals surface area contributed by atoms with E-state index in [-0.39, 0.29) is 66.1 Å². The Morgan fingerprint density at radius 3 is 2.34 bits per heavy atom. The zero-order valence-corrected chi connectivity index (χ0v) is 35.5. The Morgan fingerprint density at radius 2 is 1.62 bits per heavy atom. The predicted molar refractivity (Wildman–Crippen MR) is 211 cm³/mol. The van der Waals surface area contributed by atoms with Gasteiger partial charge in [0.15, 0.2) is 42.8 Å². The van der Waals surface area contributed by atoms with E-state index in [2.05, 4.69) is 4.90 Å². The highest BCUT2D eigenvalue weighted by Gasteiger charge is 2.55. The Balaban J connectivity index is 1.02. The van der Waals surface area contributed by atoms with Gasteiger partial charge in [-0.2, -0.15) is 0 Å². The first-order valence-corrected chi connectivity index (χ1v) is 21.5. The van der Waals surface area contributed by atoms with Crippen LogP contribution in [-0.4, -0.2) is 149 Å². The number of amides is 2. The van der Waals surface area contributed by atoms with E-state index in [0.717, 1.165) is 6.42 Å². The minimum Gasteiger partial charge on any atom is -0.507 e. The normalized spacial score (nSPS) is 30.9. The number of hydroxylamine groups is 2. The van der Waals surface area contributed by atoms with Crippen molar-refractivity contribution < 1.29 is 86.8 Å². The van der Waals surface area contributed by atoms with E-state index in [1.807, 2.05) is 6.92 Å². The van der Waals surface area contributed by atoms with Crippen LogP contribution in [0.2, 0.25) is 0 Å². The minimum atomic E-state index is -2.37. The molecule has 8 atom stereocenters. The number of ether oxygens (including phenoxy) is 8. The van der Waals surface area contributed by atoms with Crippen molar-refractivity contribution in [1.29, 1.82) is 0 Å². The molecule has 7 aliphatic rings. The number of aromatic hydroxyl groups is 2. The second kappa shape index (κ2) is 17.1. The number of aliphatic hydroxyl groups is 1. The highest BCUT2D eigenvalue weighted by Crippen LogP contribution is 2.53. The van der Waals surface area contributed by atoms with E-state index in [9.17, 15) is 44.1 Å². The molecule has 3 aliphatic carbocycles. The maximum Gasteiger partial charge on any atom is 0.358 e. The summed E-state index contributed by atoms with van der Waals surface area (Å²) in [5.41, 5.74) is -3.86. The lowest BCUT2D eigenvalue weighted by atomic mass is 9.72. The number of imide groups is 1. The smallest absolute Gasteiger partial charge is 0.358 e. The van der Waals surface area contributed by atoms with Crippen LogP contribution in [0.25, 0.3) is 0 Å². The number of methoxy groups -OCH3 is 2. The molecule has 20 heteroatoms. The fourth-order valence-electron chi connectivity index (χ4n) is 10.3. The summed E-state index contributed by atoms with van der Waals surface area (Å²) in [6.45, 7) is 1.24. The van der Waals surface area contributed by atoms with Crippen molar-refractivity contribution in [2.45, 2.75) is 126 Å². The molecule has 2 aromatic carbocycles. The standard InChI is InChI=1S/C44H50N2O18/c1-21-40-24(45-14-15-58-42(57-3)41(45)63-40)16-31(61-21)62-26-18-43(55,27(47)19-59-44(12-5-4-6-13-44)60-20-30(50)64-46-28(48)10-11-29(46)49)17-23-33(26)39(54)35-34(37(23)52)36(51)22-8-7-9-25(56-2)32(22)38(35)53/h7-9,21,24,26,31,40-42,52,54-55H,4-6,10-20H2,1-3H3/t21-,24?,26-,31-,40+,41+,42-,43-/m0/s1. The first-order chi connectivity index (χ1) is 30.7. The molecule has 4 heterocycles. The number of carbonyl (C=O) groups is 6. The first kappa shape index (κ1) is 44.3. The second-order valence-electron chi connectivity index (χ2n) is 17.2. The molecular weight excluding hydrogens is 844 g/mol. The van der Waals surface area contributed by atoms with Crippen molar-refractivity contribution in [2.24, 2.45) is 0 Å². The maximum absolute atomic E-state index is 14.4. The van der Waals surface area contributed by atoms with E-state index in [4.69, 9.17) is 42.7 Å². The number of phenols is 2. The molecule has 4 aliphatic heterocycles. The van der Waals surface area contributed by atoms with E-state index >= 15 is 0 Å². The fourth-order valence-corrected chi connectivity index (χ4v) is 10.3. The van der Waals surface area contributed by atoms with Gasteiger partial charge < -0.3 is 58.1 Å². The highest BCUT2D eigenvalue weighted by atomic mass is 16.8. The van der Waals surface area contributed by atoms with E-state index in [0.29, 0.717) is 31.1 Å². The Bertz CT molecular complexity index is 2260. The number of hydrogen-bond donors (Lipinski definition) is 3. The van der Waals surface area contributed by atoms with Crippen LogP contribution in [0.15, 0.2) is 18.2 Å². The van der Waals surface area contributed by atoms with Gasteiger partial charge in [-0.1, -0.05) is 18.6 Å². The second-order valence-corrected chi connectivity index (χ2v) is 17.2. The lowest BCUT2D eigenvalue weighted by Gasteiger charge is -2.43. The molecule has 0 spiro atoms. The zero-order valence-electron chi connectivity index (χ0n) is 35.5. The summed E-state index contributed by atoms with van der Waals surface area (Å²) in [7, 11) is 2.85. The van der Waals surface area contributed by atoms with Gasteiger partial charge in [0.2, 0.25) is 5.78 Å². The van der Waals surface area contributed by atoms with Crippen molar-refractivity contribution in [3.05, 3.63) is 51.6 Å². The van der Waals surface area contributed by atoms with Gasteiger partial charge in [0.1, 0.15) is 35.6 Å². The van der Waals surface area contributed by atoms with Crippen LogP contribution >= 0.6 is 0 Å². The van der Waals surface area contributed by atoms with Crippen LogP contribution < -0.4 is 4.74 Å². The van der Waals surface area contributed by atoms with Gasteiger partial charge in [-0.15, -0.1) is 5.06 Å². The van der Waals surface area contributed by atoms with Crippen molar-refractivity contribution in [2.75, 3.05) is 40.6 Å². The zero-order chi connectivity index (χ0) is 45.2. The largest absolute Gasteiger partial charge is 0.507 e. The SMILES string of the molecule is COc1cccc2c1C(=O)c1c(O)c3c(c(O)c1C2=O)C[C@@](O)(C(=O)COC1(OCC(=O)ON2C(=O)CCC2=O)CCCCC1)C[C@@H]3O[C@H]1CC2[C@H](O[C@@H]3[C@@H](OC)OCCN23)[C@H](C)O1. The highest BCUT2D eigenvalue weighted by molar-refractivity contribution is 6.31. The molecule has 2 aromatic rings. The first-order valence-electron chi connectivity index (χ1n) is 21.5. The van der Waals surface area contributed by atoms with Crippen LogP contribution in [0.1, 0.15) is 114 Å². The molecule has 0 radical (unpaired) electrons. The lowest BCUT2D eigenvalue weighted by molar-refractivity contribution is -0.260. The summed E-state index contributed by atoms with van der Waals surface area (Å²) in [6.07, 6.45) is -3.14. The van der Waals surface area contributed by atoms with E-state index < -0.39 is 132 Å². The molecule has 0 aromatic heterocycles. The maximum atomic E-state index is 14.4. The summed E-state index contributed by atoms with van der Waals surface area (Å²) < 4.78 is 48.1. The number of morpholine rings is 1. The van der Waals surface area contributed by atoms with Crippen LogP contribution in [0.3, 0.4) is 0 Å². The molecule has 5 fully saturated rings. The Labute approximate surface area is 366 Å². The van der Waals surface area contributed by atoms with Crippen LogP contribution in [0, 0.1) is 0 Å². The summed E-state index contributed by atoms with van der Waals surface area (Å²) in [5.74, 6) is -7.62. The summed E-state index contributed by atoms with van der Waals surface area (Å²) in [6, 6.07) is 4.15. The minimum absolute atomic E-state index is 0.0781. The molecule has 3 N–H and O–H groups in total. The number of Topliss-reactive ketones (excluding diaryl/α,β-unsaturated/α-hetero) is 1. The molecule has 64 heavy (non-hydrogen) atoms. The van der Waals surface area contributed by atoms with Crippen LogP contribution in [0.5, 0.6) is 17.2 Å². The summed E-state index contributed by atoms with van der Waals surface area (Å²) >= 11 is 0. The van der Waals surface area contributed by atoms with Crippen molar-refractivity contribution in [3.63, 3.8) is 0 Å². The van der Waals surface area contributed by atoms with Gasteiger partial charge in [0.05, 0.1) is 42.6 Å². The predicted octanol–water partition coefficient (Wildman–Crippen LogP) is 2.02. The Kier molecular flexibility index (Phi) is 11.9. The van der Waals surface area contributed by atoms with E-state index in [1.165, 1.54) is 32.4 Å². The number of carbonyl (C=O) groups excluding carboxylic acids is 6. The van der Waals surface area contributed by atoms with Gasteiger partial charge in [-0.3, -0.25) is 28.9 Å². The molecule has 4 saturated heterocycles. The average molecular weight is 895 g/mol. The van der Waals surface area contributed by atoms with Gasteiger partial charge in [-0.25, -0.2) is 4.79 Å². The molecule has 344 valence electrons. The van der Waals surface area contributed by atoms with Crippen LogP contribution in [-0.2, 0) is 63.6 Å². The topological polar surface area (TPSA) is 253 Å². The van der Waals surface area contributed by atoms with Gasteiger partial charge in [0.25, 0.3) is 11.8 Å². The third-order valence-corrected chi connectivity index (χ3v) is 13.4. The van der Waals surface area contributed by atoms with Gasteiger partial charge in [0, 0.05) is 81.3 Å². The third kappa shape index (κ3) is 7.57. The summed E-state index contributed by atoms with van der Waals surface area (Å²) in [4.78, 5) is 86.6. The molecule has 1 saturated carbocycles. The number of benzene rings is 2. The van der Waals surface area contributed by atoms with Crippen LogP contribution in [0.4, 0.5) is 0 Å². The van der Waals surface area contributed by atoms with E-state index in [1.54, 1.807) is 0 Å². The van der Waals surface area contributed by atoms with Crippen molar-refractivity contribution in [3.8, 4) is 17.2 Å². The Hall–Kier alpha value is -4.90. The average Bonchev–Trinajstić information content (AvgIpc) is 3.83. The third-order valence-electron chi connectivity index (χ3n) is 13.4. The van der Waals surface area contributed by atoms with Crippen molar-refractivity contribution >= 4 is 35.1 Å². The van der Waals surface area contributed by atoms with Gasteiger partial charge in [-0.05, 0) is 25.8 Å². The number of rotatable bonds is 12. The van der Waals surface area contributed by atoms with Crippen molar-refractivity contribution in [1.82, 2.24) is 9.96 Å². The number of ketones is 3. The molecule has 0 bridgehead atoms. The molecular formula is C44H50N2O18. The fraction of sp³-hybridized carbons (Fsp3) is 0.591. The number of phenolic OH excluding ortho intramolecular Hbond substituents is 2. The Morgan fingerprint density at radius 1 is 0.906 bits per heavy atom. The molecule has 20 nitrogen and oxygen atoms in total. The number of fused-ring (bicyclic) bond motifs is 6. The number of hydrogen-bond acceptors (Lipinski definition) is 19. The monoisotopic (exact) mass is 894 g/mol. The quantitative estimate of drug-likeness (QED) is 0.134. The molecule has 1 unspecified atom stereocenters. The van der Waals surface area contributed by atoms with Gasteiger partial charge >= 0.3 is 5.97 Å². The summed E-state index contributed by atoms with van der Waals surface area (Å²) in [5, 5.41) is 37.0. The lowest BCUT2D eigenvalue weighted by Crippen LogP contribution is -2.55. The molecule has 2 amide bonds. The molecule has 9 rings (SSSR count). The number of nitrogens with zero attached hydrogens (tertiary/aromatic N) is 2.